The highest BCUT2D eigenvalue weighted by Crippen LogP contribution is 2.15. The average Bonchev–Trinajstić information content (AvgIpc) is 2.88. The fraction of sp³-hybridized carbons (Fsp3) is 0.286. The van der Waals surface area contributed by atoms with Gasteiger partial charge in [-0.25, -0.2) is 0 Å². The smallest absolute Gasteiger partial charge is 0.105 e. The molecule has 0 saturated carbocycles. The SMILES string of the molecule is c1ccc(SCCNCCc2ccco2)cc1. The number of benzene rings is 1. The van der Waals surface area contributed by atoms with Crippen molar-refractivity contribution < 1.29 is 4.42 Å². The molecule has 0 aliphatic carbocycles. The van der Waals surface area contributed by atoms with E-state index >= 15 is 0 Å². The van der Waals surface area contributed by atoms with E-state index in [1.807, 2.05) is 30.0 Å². The van der Waals surface area contributed by atoms with Gasteiger partial charge in [0.15, 0.2) is 0 Å². The number of hydrogen-bond donors (Lipinski definition) is 1. The van der Waals surface area contributed by atoms with Gasteiger partial charge in [0.2, 0.25) is 0 Å². The Hall–Kier alpha value is -1.19. The molecule has 0 aliphatic heterocycles. The maximum absolute atomic E-state index is 5.26. The fourth-order valence-corrected chi connectivity index (χ4v) is 2.38. The Kier molecular flexibility index (Phi) is 5.20. The van der Waals surface area contributed by atoms with Crippen LogP contribution in [0, 0.1) is 0 Å². The molecule has 3 heteroatoms. The van der Waals surface area contributed by atoms with E-state index in [0.29, 0.717) is 0 Å². The van der Waals surface area contributed by atoms with Crippen LogP contribution in [0.2, 0.25) is 0 Å². The standard InChI is InChI=1S/C14H17NOS/c1-2-6-14(7-3-1)17-12-10-15-9-8-13-5-4-11-16-13/h1-7,11,15H,8-10,12H2. The van der Waals surface area contributed by atoms with Gasteiger partial charge in [0.05, 0.1) is 6.26 Å². The number of thioether (sulfide) groups is 1. The van der Waals surface area contributed by atoms with Gasteiger partial charge < -0.3 is 9.73 Å². The van der Waals surface area contributed by atoms with E-state index < -0.39 is 0 Å². The van der Waals surface area contributed by atoms with Gasteiger partial charge >= 0.3 is 0 Å². The van der Waals surface area contributed by atoms with Crippen molar-refractivity contribution >= 4 is 11.8 Å². The van der Waals surface area contributed by atoms with Crippen molar-refractivity contribution in [1.29, 1.82) is 0 Å². The van der Waals surface area contributed by atoms with Gasteiger partial charge in [-0.05, 0) is 24.3 Å². The van der Waals surface area contributed by atoms with Crippen LogP contribution in [0.4, 0.5) is 0 Å². The van der Waals surface area contributed by atoms with Crippen molar-refractivity contribution in [1.82, 2.24) is 5.32 Å². The van der Waals surface area contributed by atoms with Crippen LogP contribution in [-0.2, 0) is 6.42 Å². The normalized spacial score (nSPS) is 10.6. The first-order chi connectivity index (χ1) is 8.45. The van der Waals surface area contributed by atoms with Crippen LogP contribution in [0.5, 0.6) is 0 Å². The Labute approximate surface area is 106 Å². The molecule has 0 fully saturated rings. The predicted octanol–water partition coefficient (Wildman–Crippen LogP) is 3.20. The molecule has 90 valence electrons. The third-order valence-corrected chi connectivity index (χ3v) is 3.43. The Bertz CT molecular complexity index is 399. The van der Waals surface area contributed by atoms with Gasteiger partial charge in [0.25, 0.3) is 0 Å². The summed E-state index contributed by atoms with van der Waals surface area (Å²) in [6.07, 6.45) is 2.68. The fourth-order valence-electron chi connectivity index (χ4n) is 1.55. The van der Waals surface area contributed by atoms with E-state index in [1.165, 1.54) is 4.90 Å². The first-order valence-electron chi connectivity index (χ1n) is 5.86. The highest BCUT2D eigenvalue weighted by molar-refractivity contribution is 7.99. The van der Waals surface area contributed by atoms with E-state index in [2.05, 4.69) is 29.6 Å². The second-order valence-corrected chi connectivity index (χ2v) is 4.91. The zero-order valence-corrected chi connectivity index (χ0v) is 10.6. The van der Waals surface area contributed by atoms with Crippen molar-refractivity contribution in [3.8, 4) is 0 Å². The zero-order valence-electron chi connectivity index (χ0n) is 9.76. The van der Waals surface area contributed by atoms with Gasteiger partial charge in [-0.15, -0.1) is 11.8 Å². The highest BCUT2D eigenvalue weighted by atomic mass is 32.2. The van der Waals surface area contributed by atoms with E-state index in [9.17, 15) is 0 Å². The van der Waals surface area contributed by atoms with Gasteiger partial charge in [-0.3, -0.25) is 0 Å². The summed E-state index contributed by atoms with van der Waals surface area (Å²) in [6.45, 7) is 2.00. The number of hydrogen-bond acceptors (Lipinski definition) is 3. The topological polar surface area (TPSA) is 25.2 Å². The molecular weight excluding hydrogens is 230 g/mol. The minimum atomic E-state index is 0.961. The summed E-state index contributed by atoms with van der Waals surface area (Å²) in [6, 6.07) is 14.4. The van der Waals surface area contributed by atoms with Crippen LogP contribution in [0.15, 0.2) is 58.0 Å². The maximum atomic E-state index is 5.26. The van der Waals surface area contributed by atoms with Crippen LogP contribution in [-0.4, -0.2) is 18.8 Å². The second-order valence-electron chi connectivity index (χ2n) is 3.74. The van der Waals surface area contributed by atoms with Crippen molar-refractivity contribution in [2.75, 3.05) is 18.8 Å². The van der Waals surface area contributed by atoms with E-state index in [-0.39, 0.29) is 0 Å². The molecule has 1 aromatic carbocycles. The molecule has 2 nitrogen and oxygen atoms in total. The molecule has 0 unspecified atom stereocenters. The Balaban J connectivity index is 1.52. The van der Waals surface area contributed by atoms with Crippen molar-refractivity contribution in [2.45, 2.75) is 11.3 Å². The third-order valence-electron chi connectivity index (χ3n) is 2.42. The van der Waals surface area contributed by atoms with Crippen molar-refractivity contribution in [2.24, 2.45) is 0 Å². The number of furan rings is 1. The van der Waals surface area contributed by atoms with Gasteiger partial charge in [0, 0.05) is 30.2 Å². The molecular formula is C14H17NOS. The molecule has 0 bridgehead atoms. The summed E-state index contributed by atoms with van der Waals surface area (Å²) in [5, 5.41) is 3.41. The summed E-state index contributed by atoms with van der Waals surface area (Å²) in [5.41, 5.74) is 0. The van der Waals surface area contributed by atoms with Crippen molar-refractivity contribution in [3.63, 3.8) is 0 Å². The first kappa shape index (κ1) is 12.3. The van der Waals surface area contributed by atoms with Gasteiger partial charge in [-0.1, -0.05) is 18.2 Å². The summed E-state index contributed by atoms with van der Waals surface area (Å²) in [7, 11) is 0. The van der Waals surface area contributed by atoms with Gasteiger partial charge in [-0.2, -0.15) is 0 Å². The molecule has 1 aromatic heterocycles. The summed E-state index contributed by atoms with van der Waals surface area (Å²) in [4.78, 5) is 1.33. The summed E-state index contributed by atoms with van der Waals surface area (Å²) in [5.74, 6) is 2.15. The van der Waals surface area contributed by atoms with Crippen molar-refractivity contribution in [3.05, 3.63) is 54.5 Å². The third kappa shape index (κ3) is 4.67. The molecule has 0 spiro atoms. The number of nitrogens with one attached hydrogen (secondary N) is 1. The van der Waals surface area contributed by atoms with Crippen LogP contribution in [0.3, 0.4) is 0 Å². The summed E-state index contributed by atoms with van der Waals surface area (Å²) < 4.78 is 5.26. The lowest BCUT2D eigenvalue weighted by atomic mass is 10.3. The zero-order chi connectivity index (χ0) is 11.8. The predicted molar refractivity (Wildman–Crippen MR) is 72.4 cm³/mol. The summed E-state index contributed by atoms with van der Waals surface area (Å²) >= 11 is 1.88. The second kappa shape index (κ2) is 7.20. The van der Waals surface area contributed by atoms with E-state index in [1.54, 1.807) is 6.26 Å². The molecule has 0 saturated heterocycles. The Morgan fingerprint density at radius 2 is 1.88 bits per heavy atom. The molecule has 0 radical (unpaired) electrons. The van der Waals surface area contributed by atoms with Gasteiger partial charge in [0.1, 0.15) is 5.76 Å². The molecule has 0 amide bonds. The first-order valence-corrected chi connectivity index (χ1v) is 6.84. The Morgan fingerprint density at radius 3 is 2.65 bits per heavy atom. The molecule has 2 aromatic rings. The molecule has 1 heterocycles. The average molecular weight is 247 g/mol. The van der Waals surface area contributed by atoms with E-state index in [0.717, 1.165) is 31.0 Å². The largest absolute Gasteiger partial charge is 0.469 e. The van der Waals surface area contributed by atoms with Crippen LogP contribution >= 0.6 is 11.8 Å². The van der Waals surface area contributed by atoms with Crippen LogP contribution in [0.1, 0.15) is 5.76 Å². The van der Waals surface area contributed by atoms with Crippen LogP contribution in [0.25, 0.3) is 0 Å². The maximum Gasteiger partial charge on any atom is 0.105 e. The molecule has 2 rings (SSSR count). The highest BCUT2D eigenvalue weighted by Gasteiger charge is 1.95. The monoisotopic (exact) mass is 247 g/mol. The minimum absolute atomic E-state index is 0.961. The molecule has 1 N–H and O–H groups in total. The molecule has 0 aliphatic rings. The number of rotatable bonds is 7. The quantitative estimate of drug-likeness (QED) is 0.601. The van der Waals surface area contributed by atoms with Crippen LogP contribution < -0.4 is 5.32 Å². The minimum Gasteiger partial charge on any atom is -0.469 e. The lowest BCUT2D eigenvalue weighted by Gasteiger charge is -2.03. The molecule has 17 heavy (non-hydrogen) atoms. The Morgan fingerprint density at radius 1 is 1.00 bits per heavy atom. The molecule has 0 atom stereocenters. The lowest BCUT2D eigenvalue weighted by Crippen LogP contribution is -2.19. The van der Waals surface area contributed by atoms with E-state index in [4.69, 9.17) is 4.42 Å². The lowest BCUT2D eigenvalue weighted by molar-refractivity contribution is 0.501.